The molecular weight excluding hydrogens is 340 g/mol. The van der Waals surface area contributed by atoms with Gasteiger partial charge >= 0.3 is 0 Å². The van der Waals surface area contributed by atoms with Gasteiger partial charge in [0.15, 0.2) is 18.1 Å². The van der Waals surface area contributed by atoms with Gasteiger partial charge in [0.1, 0.15) is 0 Å². The average Bonchev–Trinajstić information content (AvgIpc) is 3.02. The van der Waals surface area contributed by atoms with Crippen LogP contribution in [0.3, 0.4) is 0 Å². The van der Waals surface area contributed by atoms with Crippen LogP contribution >= 0.6 is 12.4 Å². The first-order valence-corrected chi connectivity index (χ1v) is 8.03. The molecule has 1 amide bonds. The Balaban J connectivity index is 0.00000225. The third-order valence-electron chi connectivity index (χ3n) is 4.37. The lowest BCUT2D eigenvalue weighted by Crippen LogP contribution is -2.35. The highest BCUT2D eigenvalue weighted by molar-refractivity contribution is 5.85. The zero-order valence-corrected chi connectivity index (χ0v) is 14.9. The van der Waals surface area contributed by atoms with Crippen LogP contribution in [-0.4, -0.2) is 43.7 Å². The topological polar surface area (TPSA) is 64.8 Å². The molecule has 2 N–H and O–H groups in total. The van der Waals surface area contributed by atoms with Gasteiger partial charge in [-0.15, -0.1) is 12.4 Å². The molecule has 1 fully saturated rings. The number of amides is 1. The normalized spacial score (nSPS) is 19.2. The number of ether oxygens (including phenoxy) is 2. The number of para-hydroxylation sites is 2. The maximum atomic E-state index is 12.4. The molecule has 1 saturated heterocycles. The smallest absolute Gasteiger partial charge is 0.260 e. The molecule has 0 aliphatic carbocycles. The second-order valence-electron chi connectivity index (χ2n) is 5.92. The fourth-order valence-corrected chi connectivity index (χ4v) is 3.05. The second-order valence-corrected chi connectivity index (χ2v) is 5.92. The minimum Gasteiger partial charge on any atom is -0.493 e. The highest BCUT2D eigenvalue weighted by atomic mass is 35.5. The number of nitrogens with two attached hydrogens (primary N) is 1. The van der Waals surface area contributed by atoms with Crippen molar-refractivity contribution in [1.82, 2.24) is 4.90 Å². The van der Waals surface area contributed by atoms with Gasteiger partial charge in [-0.2, -0.15) is 0 Å². The van der Waals surface area contributed by atoms with Crippen LogP contribution in [0.2, 0.25) is 0 Å². The Morgan fingerprint density at radius 3 is 2.40 bits per heavy atom. The Bertz CT molecular complexity index is 696. The fourth-order valence-electron chi connectivity index (χ4n) is 3.05. The molecule has 1 heterocycles. The molecule has 134 valence electrons. The number of likely N-dealkylation sites (tertiary alicyclic amines) is 1. The molecule has 2 aromatic rings. The highest BCUT2D eigenvalue weighted by Gasteiger charge is 2.33. The van der Waals surface area contributed by atoms with Gasteiger partial charge < -0.3 is 20.1 Å². The van der Waals surface area contributed by atoms with Gasteiger partial charge in [0.05, 0.1) is 7.11 Å². The molecule has 0 saturated carbocycles. The maximum absolute atomic E-state index is 12.4. The molecule has 0 bridgehead atoms. The quantitative estimate of drug-likeness (QED) is 0.887. The van der Waals surface area contributed by atoms with Crippen molar-refractivity contribution in [1.29, 1.82) is 0 Å². The van der Waals surface area contributed by atoms with Gasteiger partial charge in [-0.25, -0.2) is 0 Å². The largest absolute Gasteiger partial charge is 0.493 e. The maximum Gasteiger partial charge on any atom is 0.260 e. The molecule has 0 radical (unpaired) electrons. The van der Waals surface area contributed by atoms with E-state index >= 15 is 0 Å². The lowest BCUT2D eigenvalue weighted by molar-refractivity contribution is -0.132. The molecule has 25 heavy (non-hydrogen) atoms. The molecule has 2 aromatic carbocycles. The predicted octanol–water partition coefficient (Wildman–Crippen LogP) is 2.45. The zero-order chi connectivity index (χ0) is 16.9. The number of benzene rings is 2. The van der Waals surface area contributed by atoms with E-state index in [1.165, 1.54) is 5.56 Å². The third-order valence-corrected chi connectivity index (χ3v) is 4.37. The van der Waals surface area contributed by atoms with Gasteiger partial charge in [-0.3, -0.25) is 4.79 Å². The van der Waals surface area contributed by atoms with Crippen molar-refractivity contribution in [2.45, 2.75) is 12.0 Å². The molecule has 0 spiro atoms. The third kappa shape index (κ3) is 4.44. The van der Waals surface area contributed by atoms with Crippen LogP contribution < -0.4 is 15.2 Å². The van der Waals surface area contributed by atoms with Crippen molar-refractivity contribution < 1.29 is 14.3 Å². The Morgan fingerprint density at radius 2 is 1.72 bits per heavy atom. The number of carbonyl (C=O) groups excluding carboxylic acids is 1. The number of rotatable bonds is 5. The van der Waals surface area contributed by atoms with Crippen LogP contribution in [0.4, 0.5) is 0 Å². The van der Waals surface area contributed by atoms with E-state index in [9.17, 15) is 4.79 Å². The number of nitrogens with zero attached hydrogens (tertiary/aromatic N) is 1. The number of methoxy groups -OCH3 is 1. The van der Waals surface area contributed by atoms with Gasteiger partial charge in [0.25, 0.3) is 5.91 Å². The second kappa shape index (κ2) is 8.74. The van der Waals surface area contributed by atoms with E-state index in [0.717, 1.165) is 0 Å². The minimum absolute atomic E-state index is 0. The van der Waals surface area contributed by atoms with Crippen molar-refractivity contribution in [2.75, 3.05) is 26.8 Å². The number of hydrogen-bond acceptors (Lipinski definition) is 4. The average molecular weight is 363 g/mol. The Labute approximate surface area is 154 Å². The summed E-state index contributed by atoms with van der Waals surface area (Å²) in [5, 5.41) is 0. The van der Waals surface area contributed by atoms with Crippen LogP contribution in [0.5, 0.6) is 11.5 Å². The Hall–Kier alpha value is -2.24. The Kier molecular flexibility index (Phi) is 6.67. The van der Waals surface area contributed by atoms with E-state index in [1.54, 1.807) is 24.1 Å². The number of carbonyl (C=O) groups is 1. The molecule has 0 unspecified atom stereocenters. The van der Waals surface area contributed by atoms with E-state index in [1.807, 2.05) is 30.3 Å². The molecular formula is C19H23ClN2O3. The van der Waals surface area contributed by atoms with Crippen LogP contribution in [0, 0.1) is 0 Å². The van der Waals surface area contributed by atoms with Crippen molar-refractivity contribution in [3.05, 3.63) is 60.2 Å². The lowest BCUT2D eigenvalue weighted by Gasteiger charge is -2.17. The first-order chi connectivity index (χ1) is 11.7. The summed E-state index contributed by atoms with van der Waals surface area (Å²) in [7, 11) is 1.58. The Morgan fingerprint density at radius 1 is 1.08 bits per heavy atom. The zero-order valence-electron chi connectivity index (χ0n) is 14.1. The summed E-state index contributed by atoms with van der Waals surface area (Å²) >= 11 is 0. The summed E-state index contributed by atoms with van der Waals surface area (Å²) < 4.78 is 10.8. The predicted molar refractivity (Wildman–Crippen MR) is 99.5 cm³/mol. The van der Waals surface area contributed by atoms with E-state index in [0.29, 0.717) is 24.6 Å². The summed E-state index contributed by atoms with van der Waals surface area (Å²) in [6.45, 7) is 1.15. The van der Waals surface area contributed by atoms with E-state index in [-0.39, 0.29) is 36.9 Å². The molecule has 5 nitrogen and oxygen atoms in total. The number of hydrogen-bond donors (Lipinski definition) is 1. The van der Waals surface area contributed by atoms with E-state index < -0.39 is 0 Å². The van der Waals surface area contributed by atoms with Crippen molar-refractivity contribution in [2.24, 2.45) is 5.73 Å². The van der Waals surface area contributed by atoms with Crippen molar-refractivity contribution in [3.63, 3.8) is 0 Å². The van der Waals surface area contributed by atoms with Crippen molar-refractivity contribution in [3.8, 4) is 11.5 Å². The SMILES string of the molecule is COc1ccccc1OCC(=O)N1C[C@@H](N)[C@H](c2ccccc2)C1.Cl. The summed E-state index contributed by atoms with van der Waals surface area (Å²) in [6, 6.07) is 17.3. The molecule has 3 rings (SSSR count). The summed E-state index contributed by atoms with van der Waals surface area (Å²) in [5.41, 5.74) is 7.41. The van der Waals surface area contributed by atoms with Crippen molar-refractivity contribution >= 4 is 18.3 Å². The first-order valence-electron chi connectivity index (χ1n) is 8.03. The molecule has 1 aliphatic heterocycles. The van der Waals surface area contributed by atoms with E-state index in [2.05, 4.69) is 12.1 Å². The summed E-state index contributed by atoms with van der Waals surface area (Å²) in [6.07, 6.45) is 0. The highest BCUT2D eigenvalue weighted by Crippen LogP contribution is 2.28. The first kappa shape index (κ1) is 19.1. The minimum atomic E-state index is -0.0604. The summed E-state index contributed by atoms with van der Waals surface area (Å²) in [5.74, 6) is 1.29. The summed E-state index contributed by atoms with van der Waals surface area (Å²) in [4.78, 5) is 14.2. The van der Waals surface area contributed by atoms with Gasteiger partial charge in [-0.1, -0.05) is 42.5 Å². The standard InChI is InChI=1S/C19H22N2O3.ClH/c1-23-17-9-5-6-10-18(17)24-13-19(22)21-11-15(16(20)12-21)14-7-3-2-4-8-14;/h2-10,15-16H,11-13,20H2,1H3;1H/t15-,16+;/m0./s1. The lowest BCUT2D eigenvalue weighted by atomic mass is 9.95. The van der Waals surface area contributed by atoms with Gasteiger partial charge in [0.2, 0.25) is 0 Å². The molecule has 6 heteroatoms. The van der Waals surface area contributed by atoms with Gasteiger partial charge in [0, 0.05) is 25.0 Å². The van der Waals surface area contributed by atoms with E-state index in [4.69, 9.17) is 15.2 Å². The molecule has 1 aliphatic rings. The monoisotopic (exact) mass is 362 g/mol. The number of halogens is 1. The van der Waals surface area contributed by atoms with Crippen LogP contribution in [0.15, 0.2) is 54.6 Å². The van der Waals surface area contributed by atoms with Crippen LogP contribution in [0.1, 0.15) is 11.5 Å². The van der Waals surface area contributed by atoms with Crippen LogP contribution in [0.25, 0.3) is 0 Å². The fraction of sp³-hybridized carbons (Fsp3) is 0.316. The van der Waals surface area contributed by atoms with Crippen LogP contribution in [-0.2, 0) is 4.79 Å². The molecule has 0 aromatic heterocycles. The van der Waals surface area contributed by atoms with Gasteiger partial charge in [-0.05, 0) is 17.7 Å². The molecule has 2 atom stereocenters.